The summed E-state index contributed by atoms with van der Waals surface area (Å²) in [6.45, 7) is 3.85. The van der Waals surface area contributed by atoms with Crippen molar-refractivity contribution in [1.29, 1.82) is 0 Å². The number of nitrogen functional groups attached to an aromatic ring is 1. The van der Waals surface area contributed by atoms with Gasteiger partial charge in [0.2, 0.25) is 0 Å². The van der Waals surface area contributed by atoms with E-state index in [1.807, 2.05) is 13.8 Å². The Bertz CT molecular complexity index is 401. The highest BCUT2D eigenvalue weighted by molar-refractivity contribution is 5.95. The SMILES string of the molecule is CC(C)CC(CO)NC(=O)c1cc(N)cc(F)c1. The second-order valence-electron chi connectivity index (χ2n) is 4.76. The van der Waals surface area contributed by atoms with Crippen LogP contribution >= 0.6 is 0 Å². The minimum absolute atomic E-state index is 0.144. The van der Waals surface area contributed by atoms with Gasteiger partial charge in [0.1, 0.15) is 5.82 Å². The summed E-state index contributed by atoms with van der Waals surface area (Å²) in [6, 6.07) is 3.34. The number of hydrogen-bond acceptors (Lipinski definition) is 3. The largest absolute Gasteiger partial charge is 0.399 e. The molecule has 0 bridgehead atoms. The minimum atomic E-state index is -0.551. The summed E-state index contributed by atoms with van der Waals surface area (Å²) >= 11 is 0. The summed E-state index contributed by atoms with van der Waals surface area (Å²) in [5.41, 5.74) is 5.83. The number of nitrogens with one attached hydrogen (secondary N) is 1. The quantitative estimate of drug-likeness (QED) is 0.698. The van der Waals surface area contributed by atoms with E-state index in [-0.39, 0.29) is 23.9 Å². The van der Waals surface area contributed by atoms with Crippen LogP contribution in [-0.4, -0.2) is 23.7 Å². The smallest absolute Gasteiger partial charge is 0.251 e. The van der Waals surface area contributed by atoms with Crippen molar-refractivity contribution in [3.63, 3.8) is 0 Å². The number of rotatable bonds is 5. The third-order valence-corrected chi connectivity index (χ3v) is 2.49. The molecule has 1 rings (SSSR count). The summed E-state index contributed by atoms with van der Waals surface area (Å²) in [5.74, 6) is -0.634. The normalized spacial score (nSPS) is 12.5. The first-order valence-electron chi connectivity index (χ1n) is 5.90. The molecule has 1 atom stereocenters. The first-order valence-corrected chi connectivity index (χ1v) is 5.90. The molecule has 0 saturated carbocycles. The highest BCUT2D eigenvalue weighted by Gasteiger charge is 2.15. The number of carbonyl (C=O) groups excluding carboxylic acids is 1. The maximum absolute atomic E-state index is 13.1. The standard InChI is InChI=1S/C13H19FN2O2/c1-8(2)3-12(7-17)16-13(18)9-4-10(14)6-11(15)5-9/h4-6,8,12,17H,3,7,15H2,1-2H3,(H,16,18). The van der Waals surface area contributed by atoms with Crippen LogP contribution in [0.4, 0.5) is 10.1 Å². The van der Waals surface area contributed by atoms with E-state index < -0.39 is 11.7 Å². The third-order valence-electron chi connectivity index (χ3n) is 2.49. The van der Waals surface area contributed by atoms with Crippen molar-refractivity contribution < 1.29 is 14.3 Å². The molecule has 0 heterocycles. The first kappa shape index (κ1) is 14.4. The zero-order valence-electron chi connectivity index (χ0n) is 10.6. The maximum atomic E-state index is 13.1. The van der Waals surface area contributed by atoms with Gasteiger partial charge in [-0.2, -0.15) is 0 Å². The van der Waals surface area contributed by atoms with Gasteiger partial charge in [0.05, 0.1) is 12.6 Å². The number of carbonyl (C=O) groups is 1. The lowest BCUT2D eigenvalue weighted by molar-refractivity contribution is 0.0908. The molecule has 0 saturated heterocycles. The van der Waals surface area contributed by atoms with Crippen molar-refractivity contribution in [3.05, 3.63) is 29.6 Å². The molecule has 4 nitrogen and oxygen atoms in total. The van der Waals surface area contributed by atoms with Gasteiger partial charge in [0, 0.05) is 11.3 Å². The van der Waals surface area contributed by atoms with Crippen LogP contribution in [-0.2, 0) is 0 Å². The zero-order valence-corrected chi connectivity index (χ0v) is 10.6. The lowest BCUT2D eigenvalue weighted by Crippen LogP contribution is -2.38. The Kier molecular flexibility index (Phi) is 5.09. The lowest BCUT2D eigenvalue weighted by Gasteiger charge is -2.18. The fourth-order valence-electron chi connectivity index (χ4n) is 1.76. The zero-order chi connectivity index (χ0) is 13.7. The van der Waals surface area contributed by atoms with Gasteiger partial charge in [0.25, 0.3) is 5.91 Å². The number of aliphatic hydroxyl groups excluding tert-OH is 1. The van der Waals surface area contributed by atoms with Crippen LogP contribution in [0.2, 0.25) is 0 Å². The van der Waals surface area contributed by atoms with Crippen LogP contribution < -0.4 is 11.1 Å². The summed E-state index contributed by atoms with van der Waals surface area (Å²) < 4.78 is 13.1. The number of halogens is 1. The molecular formula is C13H19FN2O2. The molecule has 1 aromatic rings. The van der Waals surface area contributed by atoms with Crippen LogP contribution in [0.5, 0.6) is 0 Å². The molecule has 5 heteroatoms. The van der Waals surface area contributed by atoms with Gasteiger partial charge in [-0.05, 0) is 30.5 Å². The predicted molar refractivity (Wildman–Crippen MR) is 68.6 cm³/mol. The predicted octanol–water partition coefficient (Wildman–Crippen LogP) is 1.54. The van der Waals surface area contributed by atoms with Crippen molar-refractivity contribution in [3.8, 4) is 0 Å². The Morgan fingerprint density at radius 1 is 1.44 bits per heavy atom. The van der Waals surface area contributed by atoms with E-state index in [9.17, 15) is 9.18 Å². The summed E-state index contributed by atoms with van der Waals surface area (Å²) in [5, 5.41) is 11.8. The van der Waals surface area contributed by atoms with Crippen molar-refractivity contribution >= 4 is 11.6 Å². The number of amides is 1. The molecule has 1 amide bonds. The summed E-state index contributed by atoms with van der Waals surface area (Å²) in [4.78, 5) is 11.9. The van der Waals surface area contributed by atoms with Crippen LogP contribution in [0.15, 0.2) is 18.2 Å². The first-order chi connectivity index (χ1) is 8.42. The van der Waals surface area contributed by atoms with Gasteiger partial charge >= 0.3 is 0 Å². The lowest BCUT2D eigenvalue weighted by atomic mass is 10.0. The molecule has 0 aliphatic carbocycles. The molecule has 0 radical (unpaired) electrons. The molecule has 100 valence electrons. The van der Waals surface area contributed by atoms with Gasteiger partial charge in [-0.3, -0.25) is 4.79 Å². The summed E-state index contributed by atoms with van der Waals surface area (Å²) in [6.07, 6.45) is 0.660. The molecule has 0 aliphatic rings. The molecular weight excluding hydrogens is 235 g/mol. The molecule has 0 spiro atoms. The van der Waals surface area contributed by atoms with Gasteiger partial charge in [-0.25, -0.2) is 4.39 Å². The van der Waals surface area contributed by atoms with Gasteiger partial charge in [-0.15, -0.1) is 0 Å². The fraction of sp³-hybridized carbons (Fsp3) is 0.462. The Balaban J connectivity index is 2.74. The third kappa shape index (κ3) is 4.33. The monoisotopic (exact) mass is 254 g/mol. The Morgan fingerprint density at radius 2 is 2.11 bits per heavy atom. The number of benzene rings is 1. The van der Waals surface area contributed by atoms with Crippen LogP contribution in [0.25, 0.3) is 0 Å². The van der Waals surface area contributed by atoms with Crippen LogP contribution in [0, 0.1) is 11.7 Å². The molecule has 0 aromatic heterocycles. The number of hydrogen-bond donors (Lipinski definition) is 3. The highest BCUT2D eigenvalue weighted by Crippen LogP contribution is 2.12. The summed E-state index contributed by atoms with van der Waals surface area (Å²) in [7, 11) is 0. The topological polar surface area (TPSA) is 75.3 Å². The van der Waals surface area contributed by atoms with Crippen molar-refractivity contribution in [2.45, 2.75) is 26.3 Å². The Hall–Kier alpha value is -1.62. The second kappa shape index (κ2) is 6.35. The molecule has 1 unspecified atom stereocenters. The Morgan fingerprint density at radius 3 is 2.61 bits per heavy atom. The van der Waals surface area contributed by atoms with Gasteiger partial charge < -0.3 is 16.2 Å². The van der Waals surface area contributed by atoms with Gasteiger partial charge in [0.15, 0.2) is 0 Å². The number of nitrogens with two attached hydrogens (primary N) is 1. The second-order valence-corrected chi connectivity index (χ2v) is 4.76. The van der Waals surface area contributed by atoms with Crippen molar-refractivity contribution in [1.82, 2.24) is 5.32 Å². The van der Waals surface area contributed by atoms with E-state index in [1.165, 1.54) is 6.07 Å². The van der Waals surface area contributed by atoms with E-state index in [4.69, 9.17) is 10.8 Å². The van der Waals surface area contributed by atoms with E-state index in [0.29, 0.717) is 12.3 Å². The van der Waals surface area contributed by atoms with E-state index in [0.717, 1.165) is 12.1 Å². The fourth-order valence-corrected chi connectivity index (χ4v) is 1.76. The maximum Gasteiger partial charge on any atom is 0.251 e. The molecule has 4 N–H and O–H groups in total. The minimum Gasteiger partial charge on any atom is -0.399 e. The van der Waals surface area contributed by atoms with Crippen LogP contribution in [0.3, 0.4) is 0 Å². The van der Waals surface area contributed by atoms with Gasteiger partial charge in [-0.1, -0.05) is 13.8 Å². The van der Waals surface area contributed by atoms with E-state index in [2.05, 4.69) is 5.32 Å². The highest BCUT2D eigenvalue weighted by atomic mass is 19.1. The van der Waals surface area contributed by atoms with Crippen LogP contribution in [0.1, 0.15) is 30.6 Å². The van der Waals surface area contributed by atoms with E-state index >= 15 is 0 Å². The average molecular weight is 254 g/mol. The van der Waals surface area contributed by atoms with E-state index in [1.54, 1.807) is 0 Å². The van der Waals surface area contributed by atoms with Crippen molar-refractivity contribution in [2.75, 3.05) is 12.3 Å². The average Bonchev–Trinajstić information content (AvgIpc) is 2.26. The Labute approximate surface area is 106 Å². The number of aliphatic hydroxyl groups is 1. The molecule has 0 aliphatic heterocycles. The molecule has 0 fully saturated rings. The van der Waals surface area contributed by atoms with Crippen molar-refractivity contribution in [2.24, 2.45) is 5.92 Å². The molecule has 18 heavy (non-hydrogen) atoms. The number of anilines is 1. The molecule has 1 aromatic carbocycles.